The van der Waals surface area contributed by atoms with Crippen LogP contribution in [0.3, 0.4) is 0 Å². The van der Waals surface area contributed by atoms with Gasteiger partial charge in [0.2, 0.25) is 0 Å². The van der Waals surface area contributed by atoms with Gasteiger partial charge in [0.15, 0.2) is 0 Å². The van der Waals surface area contributed by atoms with Crippen LogP contribution >= 0.6 is 0 Å². The van der Waals surface area contributed by atoms with Crippen molar-refractivity contribution in [3.05, 3.63) is 103 Å². The lowest BCUT2D eigenvalue weighted by molar-refractivity contribution is 0.252. The Morgan fingerprint density at radius 2 is 1.58 bits per heavy atom. The Morgan fingerprint density at radius 3 is 2.35 bits per heavy atom. The summed E-state index contributed by atoms with van der Waals surface area (Å²) >= 11 is 0. The monoisotopic (exact) mass is 411 g/mol. The fourth-order valence-electron chi connectivity index (χ4n) is 3.35. The SMILES string of the molecule is CN(c1ccccc1)c1ccccc1NC(=O)NCCc1ccn(-c2ccccc2)n1. The number of amides is 2. The fourth-order valence-corrected chi connectivity index (χ4v) is 3.35. The van der Waals surface area contributed by atoms with Crippen LogP contribution < -0.4 is 15.5 Å². The Hall–Kier alpha value is -4.06. The molecule has 0 saturated carbocycles. The first kappa shape index (κ1) is 20.2. The predicted molar refractivity (Wildman–Crippen MR) is 125 cm³/mol. The van der Waals surface area contributed by atoms with Crippen molar-refractivity contribution in [2.75, 3.05) is 23.8 Å². The van der Waals surface area contributed by atoms with E-state index in [0.717, 1.165) is 28.4 Å². The van der Waals surface area contributed by atoms with Gasteiger partial charge in [-0.25, -0.2) is 9.48 Å². The molecule has 6 heteroatoms. The summed E-state index contributed by atoms with van der Waals surface area (Å²) in [4.78, 5) is 14.5. The van der Waals surface area contributed by atoms with Gasteiger partial charge in [0.25, 0.3) is 0 Å². The van der Waals surface area contributed by atoms with E-state index in [1.165, 1.54) is 0 Å². The maximum atomic E-state index is 12.5. The minimum Gasteiger partial charge on any atom is -0.343 e. The van der Waals surface area contributed by atoms with Crippen molar-refractivity contribution >= 4 is 23.1 Å². The quantitative estimate of drug-likeness (QED) is 0.450. The Kier molecular flexibility index (Phi) is 6.28. The minimum absolute atomic E-state index is 0.239. The largest absolute Gasteiger partial charge is 0.343 e. The highest BCUT2D eigenvalue weighted by Gasteiger charge is 2.11. The molecule has 0 unspecified atom stereocenters. The highest BCUT2D eigenvalue weighted by molar-refractivity contribution is 5.94. The third-order valence-corrected chi connectivity index (χ3v) is 4.99. The molecule has 0 fully saturated rings. The zero-order chi connectivity index (χ0) is 21.5. The van der Waals surface area contributed by atoms with Crippen molar-refractivity contribution in [3.8, 4) is 5.69 Å². The van der Waals surface area contributed by atoms with E-state index in [2.05, 4.69) is 15.7 Å². The molecule has 0 bridgehead atoms. The van der Waals surface area contributed by atoms with Gasteiger partial charge < -0.3 is 15.5 Å². The van der Waals surface area contributed by atoms with Crippen LogP contribution in [0.15, 0.2) is 97.2 Å². The van der Waals surface area contributed by atoms with Gasteiger partial charge in [-0.05, 0) is 42.5 Å². The highest BCUT2D eigenvalue weighted by atomic mass is 16.2. The van der Waals surface area contributed by atoms with E-state index in [-0.39, 0.29) is 6.03 Å². The van der Waals surface area contributed by atoms with E-state index < -0.39 is 0 Å². The van der Waals surface area contributed by atoms with Crippen molar-refractivity contribution in [3.63, 3.8) is 0 Å². The van der Waals surface area contributed by atoms with Crippen LogP contribution in [0.5, 0.6) is 0 Å². The summed E-state index contributed by atoms with van der Waals surface area (Å²) in [5.74, 6) is 0. The molecule has 0 saturated heterocycles. The summed E-state index contributed by atoms with van der Waals surface area (Å²) in [6.07, 6.45) is 2.58. The van der Waals surface area contributed by atoms with Crippen LogP contribution in [0.1, 0.15) is 5.69 Å². The number of carbonyl (C=O) groups is 1. The van der Waals surface area contributed by atoms with Gasteiger partial charge in [-0.2, -0.15) is 5.10 Å². The van der Waals surface area contributed by atoms with Gasteiger partial charge in [0, 0.05) is 31.9 Å². The smallest absolute Gasteiger partial charge is 0.319 e. The van der Waals surface area contributed by atoms with E-state index in [1.54, 1.807) is 0 Å². The Bertz CT molecular complexity index is 1120. The molecule has 31 heavy (non-hydrogen) atoms. The molecule has 0 atom stereocenters. The van der Waals surface area contributed by atoms with Crippen LogP contribution in [0.2, 0.25) is 0 Å². The molecule has 0 radical (unpaired) electrons. The summed E-state index contributed by atoms with van der Waals surface area (Å²) in [6, 6.07) is 29.5. The molecule has 0 aliphatic carbocycles. The minimum atomic E-state index is -0.239. The standard InChI is InChI=1S/C25H25N5O/c1-29(21-10-4-2-5-11-21)24-15-9-8-14-23(24)27-25(31)26-18-16-20-17-19-30(28-20)22-12-6-3-7-13-22/h2-15,17,19H,16,18H2,1H3,(H2,26,27,31). The Labute approximate surface area is 182 Å². The first-order valence-electron chi connectivity index (χ1n) is 10.2. The molecule has 3 aromatic carbocycles. The number of aromatic nitrogens is 2. The number of hydrogen-bond acceptors (Lipinski definition) is 3. The number of hydrogen-bond donors (Lipinski definition) is 2. The van der Waals surface area contributed by atoms with Gasteiger partial charge in [-0.3, -0.25) is 0 Å². The number of nitrogens with one attached hydrogen (secondary N) is 2. The van der Waals surface area contributed by atoms with Crippen molar-refractivity contribution in [2.45, 2.75) is 6.42 Å². The molecule has 156 valence electrons. The number of para-hydroxylation sites is 4. The second kappa shape index (κ2) is 9.63. The van der Waals surface area contributed by atoms with Crippen molar-refractivity contribution in [1.82, 2.24) is 15.1 Å². The molecular weight excluding hydrogens is 386 g/mol. The number of urea groups is 1. The van der Waals surface area contributed by atoms with Gasteiger partial charge in [-0.1, -0.05) is 48.5 Å². The number of rotatable bonds is 7. The van der Waals surface area contributed by atoms with Gasteiger partial charge in [0.1, 0.15) is 0 Å². The second-order valence-corrected chi connectivity index (χ2v) is 7.13. The molecule has 0 spiro atoms. The molecule has 6 nitrogen and oxygen atoms in total. The van der Waals surface area contributed by atoms with Gasteiger partial charge >= 0.3 is 6.03 Å². The number of anilines is 3. The normalized spacial score (nSPS) is 10.5. The van der Waals surface area contributed by atoms with Crippen LogP contribution in [-0.2, 0) is 6.42 Å². The van der Waals surface area contributed by atoms with E-state index in [9.17, 15) is 4.79 Å². The summed E-state index contributed by atoms with van der Waals surface area (Å²) in [6.45, 7) is 0.494. The molecule has 1 aromatic heterocycles. The average molecular weight is 412 g/mol. The third kappa shape index (κ3) is 5.11. The molecule has 1 heterocycles. The van der Waals surface area contributed by atoms with E-state index in [0.29, 0.717) is 13.0 Å². The highest BCUT2D eigenvalue weighted by Crippen LogP contribution is 2.30. The van der Waals surface area contributed by atoms with Crippen LogP contribution in [0.25, 0.3) is 5.69 Å². The van der Waals surface area contributed by atoms with Gasteiger partial charge in [-0.15, -0.1) is 0 Å². The van der Waals surface area contributed by atoms with E-state index >= 15 is 0 Å². The second-order valence-electron chi connectivity index (χ2n) is 7.13. The predicted octanol–water partition coefficient (Wildman–Crippen LogP) is 5.00. The molecule has 0 aliphatic heterocycles. The molecule has 4 aromatic rings. The summed E-state index contributed by atoms with van der Waals surface area (Å²) in [5, 5.41) is 10.4. The summed E-state index contributed by atoms with van der Waals surface area (Å²) in [5.41, 5.74) is 4.66. The molecular formula is C25H25N5O. The molecule has 4 rings (SSSR count). The van der Waals surface area contributed by atoms with Gasteiger partial charge in [0.05, 0.1) is 22.8 Å². The zero-order valence-electron chi connectivity index (χ0n) is 17.4. The summed E-state index contributed by atoms with van der Waals surface area (Å²) in [7, 11) is 1.98. The maximum absolute atomic E-state index is 12.5. The Balaban J connectivity index is 1.33. The van der Waals surface area contributed by atoms with Crippen LogP contribution in [0.4, 0.5) is 21.9 Å². The topological polar surface area (TPSA) is 62.2 Å². The van der Waals surface area contributed by atoms with Crippen molar-refractivity contribution in [1.29, 1.82) is 0 Å². The van der Waals surface area contributed by atoms with Crippen LogP contribution in [0, 0.1) is 0 Å². The number of benzene rings is 3. The third-order valence-electron chi connectivity index (χ3n) is 4.99. The molecule has 0 aliphatic rings. The number of carbonyl (C=O) groups excluding carboxylic acids is 1. The lowest BCUT2D eigenvalue weighted by Gasteiger charge is -2.22. The lowest BCUT2D eigenvalue weighted by Crippen LogP contribution is -2.31. The molecule has 2 amide bonds. The Morgan fingerprint density at radius 1 is 0.903 bits per heavy atom. The van der Waals surface area contributed by atoms with Crippen molar-refractivity contribution < 1.29 is 4.79 Å². The average Bonchev–Trinajstić information content (AvgIpc) is 3.29. The first-order valence-corrected chi connectivity index (χ1v) is 10.2. The zero-order valence-corrected chi connectivity index (χ0v) is 17.4. The first-order chi connectivity index (χ1) is 15.2. The van der Waals surface area contributed by atoms with E-state index in [4.69, 9.17) is 0 Å². The number of nitrogens with zero attached hydrogens (tertiary/aromatic N) is 3. The van der Waals surface area contributed by atoms with Crippen molar-refractivity contribution in [2.24, 2.45) is 0 Å². The fraction of sp³-hybridized carbons (Fsp3) is 0.120. The van der Waals surface area contributed by atoms with E-state index in [1.807, 2.05) is 114 Å². The summed E-state index contributed by atoms with van der Waals surface area (Å²) < 4.78 is 1.84. The maximum Gasteiger partial charge on any atom is 0.319 e. The molecule has 2 N–H and O–H groups in total. The van der Waals surface area contributed by atoms with Crippen LogP contribution in [-0.4, -0.2) is 29.4 Å². The lowest BCUT2D eigenvalue weighted by atomic mass is 10.2.